The molecular weight excluding hydrogens is 164 g/mol. The van der Waals surface area contributed by atoms with Crippen molar-refractivity contribution in [2.24, 2.45) is 5.92 Å². The molecule has 1 atom stereocenters. The minimum absolute atomic E-state index is 0.177. The van der Waals surface area contributed by atoms with Crippen molar-refractivity contribution in [2.75, 3.05) is 0 Å². The van der Waals surface area contributed by atoms with Gasteiger partial charge in [-0.3, -0.25) is 4.79 Å². The van der Waals surface area contributed by atoms with E-state index < -0.39 is 0 Å². The smallest absolute Gasteiger partial charge is 0.306 e. The number of rotatable bonds is 7. The summed E-state index contributed by atoms with van der Waals surface area (Å²) in [6.45, 7) is 4.30. The maximum absolute atomic E-state index is 10.9. The number of ether oxygens (including phenoxy) is 1. The fourth-order valence-corrected chi connectivity index (χ4v) is 1.43. The summed E-state index contributed by atoms with van der Waals surface area (Å²) in [5.74, 6) is 0.309. The summed E-state index contributed by atoms with van der Waals surface area (Å²) in [4.78, 5) is 10.9. The minimum atomic E-state index is -0.177. The fourth-order valence-electron chi connectivity index (χ4n) is 1.43. The lowest BCUT2D eigenvalue weighted by molar-refractivity contribution is -0.139. The Labute approximate surface area is 81.7 Å². The molecule has 0 amide bonds. The lowest BCUT2D eigenvalue weighted by atomic mass is 9.95. The molecule has 2 heteroatoms. The molecule has 0 heterocycles. The predicted octanol–water partition coefficient (Wildman–Crippen LogP) is 3.32. The van der Waals surface area contributed by atoms with Gasteiger partial charge in [0, 0.05) is 6.42 Å². The van der Waals surface area contributed by atoms with Gasteiger partial charge in [0.25, 0.3) is 0 Å². The van der Waals surface area contributed by atoms with Crippen LogP contribution in [0.4, 0.5) is 0 Å². The van der Waals surface area contributed by atoms with Gasteiger partial charge in [-0.05, 0) is 12.3 Å². The van der Waals surface area contributed by atoms with Crippen molar-refractivity contribution in [1.82, 2.24) is 0 Å². The largest absolute Gasteiger partial charge is 0.462 e. The molecule has 0 N–H and O–H groups in total. The molecule has 13 heavy (non-hydrogen) atoms. The Kier molecular flexibility index (Phi) is 7.76. The van der Waals surface area contributed by atoms with E-state index in [4.69, 9.17) is 0 Å². The zero-order valence-electron chi connectivity index (χ0n) is 8.84. The molecule has 77 valence electrons. The lowest BCUT2D eigenvalue weighted by Gasteiger charge is -2.12. The summed E-state index contributed by atoms with van der Waals surface area (Å²) < 4.78 is 4.40. The van der Waals surface area contributed by atoms with Crippen molar-refractivity contribution in [3.8, 4) is 0 Å². The summed E-state index contributed by atoms with van der Waals surface area (Å²) in [5, 5.41) is 0. The van der Waals surface area contributed by atoms with Gasteiger partial charge in [0.15, 0.2) is 0 Å². The summed E-state index contributed by atoms with van der Waals surface area (Å²) in [5.41, 5.74) is 0. The Morgan fingerprint density at radius 1 is 1.38 bits per heavy atom. The van der Waals surface area contributed by atoms with E-state index in [0.29, 0.717) is 12.3 Å². The van der Waals surface area contributed by atoms with E-state index in [-0.39, 0.29) is 5.97 Å². The Balaban J connectivity index is 3.56. The molecule has 0 aliphatic heterocycles. The maximum Gasteiger partial charge on any atom is 0.306 e. The molecule has 0 rings (SSSR count). The highest BCUT2D eigenvalue weighted by Gasteiger charge is 2.11. The van der Waals surface area contributed by atoms with Crippen LogP contribution in [0.3, 0.4) is 0 Å². The van der Waals surface area contributed by atoms with Crippen LogP contribution in [0.5, 0.6) is 0 Å². The van der Waals surface area contributed by atoms with Gasteiger partial charge in [0.05, 0.1) is 0 Å². The first-order valence-corrected chi connectivity index (χ1v) is 5.19. The van der Waals surface area contributed by atoms with Crippen molar-refractivity contribution >= 4 is 5.97 Å². The third kappa shape index (κ3) is 6.62. The number of esters is 1. The SMILES string of the molecule is [CH2]OC(=O)CC(CC)CCCCC. The van der Waals surface area contributed by atoms with Crippen LogP contribution in [0.2, 0.25) is 0 Å². The number of carbonyl (C=O) groups excluding carboxylic acids is 1. The van der Waals surface area contributed by atoms with E-state index in [2.05, 4.69) is 25.7 Å². The summed E-state index contributed by atoms with van der Waals surface area (Å²) in [6.07, 6.45) is 6.44. The molecule has 0 aliphatic rings. The standard InChI is InChI=1S/C11H21O2/c1-4-6-7-8-10(5-2)9-11(12)13-3/h10H,3-9H2,1-2H3. The lowest BCUT2D eigenvalue weighted by Crippen LogP contribution is -2.08. The second-order valence-corrected chi connectivity index (χ2v) is 3.49. The molecular formula is C11H21O2. The van der Waals surface area contributed by atoms with E-state index in [1.165, 1.54) is 19.3 Å². The van der Waals surface area contributed by atoms with Crippen molar-refractivity contribution in [3.05, 3.63) is 7.11 Å². The van der Waals surface area contributed by atoms with Crippen molar-refractivity contribution in [3.63, 3.8) is 0 Å². The molecule has 1 radical (unpaired) electrons. The number of hydrogen-bond acceptors (Lipinski definition) is 2. The van der Waals surface area contributed by atoms with Gasteiger partial charge in [0.1, 0.15) is 7.11 Å². The minimum Gasteiger partial charge on any atom is -0.462 e. The van der Waals surface area contributed by atoms with E-state index in [1.54, 1.807) is 0 Å². The zero-order valence-corrected chi connectivity index (χ0v) is 8.84. The summed E-state index contributed by atoms with van der Waals surface area (Å²) in [7, 11) is 3.12. The van der Waals surface area contributed by atoms with Gasteiger partial charge in [-0.1, -0.05) is 39.5 Å². The molecule has 2 nitrogen and oxygen atoms in total. The Morgan fingerprint density at radius 3 is 2.54 bits per heavy atom. The summed E-state index contributed by atoms with van der Waals surface area (Å²) in [6, 6.07) is 0. The van der Waals surface area contributed by atoms with Crippen LogP contribution >= 0.6 is 0 Å². The first kappa shape index (κ1) is 12.5. The highest BCUT2D eigenvalue weighted by Crippen LogP contribution is 2.17. The van der Waals surface area contributed by atoms with Crippen molar-refractivity contribution in [1.29, 1.82) is 0 Å². The van der Waals surface area contributed by atoms with Crippen LogP contribution in [0.25, 0.3) is 0 Å². The predicted molar refractivity (Wildman–Crippen MR) is 54.0 cm³/mol. The molecule has 0 aromatic carbocycles. The van der Waals surface area contributed by atoms with Crippen LogP contribution in [0.15, 0.2) is 0 Å². The molecule has 0 aliphatic carbocycles. The highest BCUT2D eigenvalue weighted by atomic mass is 16.5. The van der Waals surface area contributed by atoms with Gasteiger partial charge in [0.2, 0.25) is 0 Å². The summed E-state index contributed by atoms with van der Waals surface area (Å²) >= 11 is 0. The molecule has 0 aromatic heterocycles. The third-order valence-electron chi connectivity index (χ3n) is 2.41. The average Bonchev–Trinajstić information content (AvgIpc) is 2.16. The van der Waals surface area contributed by atoms with Gasteiger partial charge in [-0.15, -0.1) is 0 Å². The topological polar surface area (TPSA) is 26.3 Å². The average molecular weight is 185 g/mol. The first-order chi connectivity index (χ1) is 6.24. The number of hydrogen-bond donors (Lipinski definition) is 0. The molecule has 1 unspecified atom stereocenters. The highest BCUT2D eigenvalue weighted by molar-refractivity contribution is 5.69. The molecule has 0 bridgehead atoms. The number of carbonyl (C=O) groups is 1. The van der Waals surface area contributed by atoms with E-state index in [9.17, 15) is 4.79 Å². The maximum atomic E-state index is 10.9. The van der Waals surface area contributed by atoms with Gasteiger partial charge in [-0.25, -0.2) is 0 Å². The Hall–Kier alpha value is -0.530. The third-order valence-corrected chi connectivity index (χ3v) is 2.41. The molecule has 0 spiro atoms. The van der Waals surface area contributed by atoms with Crippen molar-refractivity contribution in [2.45, 2.75) is 52.4 Å². The van der Waals surface area contributed by atoms with Crippen molar-refractivity contribution < 1.29 is 9.53 Å². The first-order valence-electron chi connectivity index (χ1n) is 5.19. The van der Waals surface area contributed by atoms with Gasteiger partial charge in [-0.2, -0.15) is 0 Å². The second kappa shape index (κ2) is 8.09. The molecule has 0 saturated carbocycles. The second-order valence-electron chi connectivity index (χ2n) is 3.49. The molecule has 0 fully saturated rings. The normalized spacial score (nSPS) is 12.5. The quantitative estimate of drug-likeness (QED) is 0.449. The van der Waals surface area contributed by atoms with E-state index in [0.717, 1.165) is 12.8 Å². The Morgan fingerprint density at radius 2 is 2.08 bits per heavy atom. The molecule has 0 saturated heterocycles. The van der Waals surface area contributed by atoms with Crippen LogP contribution in [-0.4, -0.2) is 5.97 Å². The van der Waals surface area contributed by atoms with E-state index in [1.807, 2.05) is 0 Å². The fraction of sp³-hybridized carbons (Fsp3) is 0.818. The number of unbranched alkanes of at least 4 members (excludes halogenated alkanes) is 2. The van der Waals surface area contributed by atoms with Crippen LogP contribution < -0.4 is 0 Å². The zero-order chi connectivity index (χ0) is 10.1. The van der Waals surface area contributed by atoms with Gasteiger partial charge >= 0.3 is 5.97 Å². The van der Waals surface area contributed by atoms with Crippen LogP contribution in [0, 0.1) is 13.0 Å². The van der Waals surface area contributed by atoms with E-state index >= 15 is 0 Å². The van der Waals surface area contributed by atoms with Gasteiger partial charge < -0.3 is 4.74 Å². The Bertz CT molecular complexity index is 132. The van der Waals surface area contributed by atoms with Crippen LogP contribution in [0.1, 0.15) is 52.4 Å². The van der Waals surface area contributed by atoms with Crippen LogP contribution in [-0.2, 0) is 9.53 Å². The molecule has 0 aromatic rings. The monoisotopic (exact) mass is 185 g/mol.